The molecule has 5 heteroatoms. The lowest BCUT2D eigenvalue weighted by Gasteiger charge is -2.40. The van der Waals surface area contributed by atoms with Crippen LogP contribution in [0.15, 0.2) is 84.9 Å². The fourth-order valence-corrected chi connectivity index (χ4v) is 4.17. The molecular formula is C27H33N3O2. The highest BCUT2D eigenvalue weighted by molar-refractivity contribution is 5.78. The van der Waals surface area contributed by atoms with Gasteiger partial charge in [0.25, 0.3) is 0 Å². The van der Waals surface area contributed by atoms with Crippen molar-refractivity contribution in [1.82, 2.24) is 10.2 Å². The molecule has 1 aliphatic rings. The molecule has 1 amide bonds. The Balaban J connectivity index is 0.00000306. The third kappa shape index (κ3) is 5.01. The van der Waals surface area contributed by atoms with Gasteiger partial charge in [-0.1, -0.05) is 48.5 Å². The highest BCUT2D eigenvalue weighted by Gasteiger charge is 2.31. The van der Waals surface area contributed by atoms with E-state index in [9.17, 15) is 9.90 Å². The Bertz CT molecular complexity index is 949. The normalized spacial score (nSPS) is 14.6. The number of rotatable bonds is 9. The van der Waals surface area contributed by atoms with Crippen molar-refractivity contribution in [3.63, 3.8) is 0 Å². The van der Waals surface area contributed by atoms with Gasteiger partial charge >= 0.3 is 0 Å². The van der Waals surface area contributed by atoms with Gasteiger partial charge in [-0.3, -0.25) is 4.79 Å². The van der Waals surface area contributed by atoms with Crippen LogP contribution in [0, 0.1) is 0 Å². The van der Waals surface area contributed by atoms with E-state index in [-0.39, 0.29) is 20.0 Å². The molecule has 3 aromatic carbocycles. The van der Waals surface area contributed by atoms with Crippen molar-refractivity contribution in [2.75, 3.05) is 31.6 Å². The van der Waals surface area contributed by atoms with Crippen LogP contribution >= 0.6 is 0 Å². The molecule has 0 bridgehead atoms. The number of para-hydroxylation sites is 2. The average Bonchev–Trinajstić information content (AvgIpc) is 2.81. The van der Waals surface area contributed by atoms with E-state index >= 15 is 0 Å². The second kappa shape index (κ2) is 10.4. The molecule has 0 radical (unpaired) electrons. The van der Waals surface area contributed by atoms with Gasteiger partial charge in [0, 0.05) is 50.0 Å². The maximum atomic E-state index is 12.4. The summed E-state index contributed by atoms with van der Waals surface area (Å²) in [6, 6.07) is 29.4. The van der Waals surface area contributed by atoms with Gasteiger partial charge in [0.15, 0.2) is 0 Å². The van der Waals surface area contributed by atoms with Crippen molar-refractivity contribution in [2.24, 2.45) is 0 Å². The number of amides is 1. The number of benzene rings is 3. The van der Waals surface area contributed by atoms with Crippen LogP contribution in [0.3, 0.4) is 0 Å². The van der Waals surface area contributed by atoms with Crippen LogP contribution in [0.5, 0.6) is 0 Å². The van der Waals surface area contributed by atoms with Gasteiger partial charge in [-0.15, -0.1) is 0 Å². The fourth-order valence-electron chi connectivity index (χ4n) is 4.17. The topological polar surface area (TPSA) is 55.8 Å². The molecule has 0 unspecified atom stereocenters. The van der Waals surface area contributed by atoms with Crippen molar-refractivity contribution >= 4 is 23.0 Å². The number of likely N-dealkylation sites (N-methyl/N-ethyl adjacent to an activating group) is 1. The summed E-state index contributed by atoms with van der Waals surface area (Å²) in [5.41, 5.74) is 4.62. The van der Waals surface area contributed by atoms with Gasteiger partial charge in [-0.25, -0.2) is 0 Å². The van der Waals surface area contributed by atoms with Crippen LogP contribution < -0.4 is 10.2 Å². The van der Waals surface area contributed by atoms with E-state index in [0.717, 1.165) is 30.2 Å². The van der Waals surface area contributed by atoms with E-state index in [1.54, 1.807) is 0 Å². The van der Waals surface area contributed by atoms with Gasteiger partial charge in [0.1, 0.15) is 0 Å². The highest BCUT2D eigenvalue weighted by atomic mass is 16.3. The monoisotopic (exact) mass is 431 g/mol. The Labute approximate surface area is 191 Å². The molecule has 1 fully saturated rings. The summed E-state index contributed by atoms with van der Waals surface area (Å²) in [5, 5.41) is 12.3. The summed E-state index contributed by atoms with van der Waals surface area (Å²) < 4.78 is 0. The molecule has 1 saturated heterocycles. The standard InChI is InChI=1S/C27H31N3O2.H2/c1-28-23(20-31)14-17-27(32)29-18-22(19-29)21-12-15-26(16-13-21)30(24-8-4-2-5-9-24)25-10-6-3-7-11-25;/h2-13,15-16,22-23,28,31H,14,17-20H2,1H3;1H/t23-;/m1./s1. The van der Waals surface area contributed by atoms with E-state index < -0.39 is 0 Å². The van der Waals surface area contributed by atoms with Crippen LogP contribution in [-0.2, 0) is 4.79 Å². The maximum Gasteiger partial charge on any atom is 0.222 e. The molecular weight excluding hydrogens is 398 g/mol. The average molecular weight is 432 g/mol. The van der Waals surface area contributed by atoms with E-state index in [0.29, 0.717) is 18.8 Å². The third-order valence-electron chi connectivity index (χ3n) is 6.22. The Morgan fingerprint density at radius 2 is 1.50 bits per heavy atom. The Morgan fingerprint density at radius 3 is 2.00 bits per heavy atom. The first-order valence-corrected chi connectivity index (χ1v) is 11.3. The molecule has 0 spiro atoms. The molecule has 1 heterocycles. The zero-order chi connectivity index (χ0) is 22.3. The van der Waals surface area contributed by atoms with Crippen molar-refractivity contribution in [3.8, 4) is 0 Å². The van der Waals surface area contributed by atoms with Crippen LogP contribution in [0.4, 0.5) is 17.1 Å². The molecule has 0 aliphatic carbocycles. The number of nitrogens with zero attached hydrogens (tertiary/aromatic N) is 2. The molecule has 5 nitrogen and oxygen atoms in total. The minimum atomic E-state index is -0.0132. The Hall–Kier alpha value is -3.15. The Kier molecular flexibility index (Phi) is 7.20. The first kappa shape index (κ1) is 22.1. The SMILES string of the molecule is CN[C@@H](CO)CCC(=O)N1CC(c2ccc(N(c3ccccc3)c3ccccc3)cc2)C1.[HH]. The zero-order valence-corrected chi connectivity index (χ0v) is 18.5. The van der Waals surface area contributed by atoms with Crippen molar-refractivity contribution in [2.45, 2.75) is 24.8 Å². The van der Waals surface area contributed by atoms with Crippen LogP contribution in [0.1, 0.15) is 25.7 Å². The summed E-state index contributed by atoms with van der Waals surface area (Å²) >= 11 is 0. The lowest BCUT2D eigenvalue weighted by molar-refractivity contribution is -0.135. The maximum absolute atomic E-state index is 12.4. The van der Waals surface area contributed by atoms with Crippen molar-refractivity contribution in [1.29, 1.82) is 0 Å². The summed E-state index contributed by atoms with van der Waals surface area (Å²) in [7, 11) is 1.81. The van der Waals surface area contributed by atoms with E-state index in [2.05, 4.69) is 83.0 Å². The molecule has 0 aromatic heterocycles. The molecule has 32 heavy (non-hydrogen) atoms. The van der Waals surface area contributed by atoms with Gasteiger partial charge < -0.3 is 20.2 Å². The third-order valence-corrected chi connectivity index (χ3v) is 6.22. The van der Waals surface area contributed by atoms with Crippen molar-refractivity contribution < 1.29 is 11.3 Å². The van der Waals surface area contributed by atoms with Crippen LogP contribution in [0.2, 0.25) is 0 Å². The quantitative estimate of drug-likeness (QED) is 0.516. The molecule has 1 aliphatic heterocycles. The predicted octanol–water partition coefficient (Wildman–Crippen LogP) is 4.69. The number of nitrogens with one attached hydrogen (secondary N) is 1. The smallest absolute Gasteiger partial charge is 0.222 e. The van der Waals surface area contributed by atoms with Crippen LogP contribution in [0.25, 0.3) is 0 Å². The molecule has 0 saturated carbocycles. The van der Waals surface area contributed by atoms with Gasteiger partial charge in [0.05, 0.1) is 6.61 Å². The molecule has 168 valence electrons. The zero-order valence-electron chi connectivity index (χ0n) is 18.5. The lowest BCUT2D eigenvalue weighted by Crippen LogP contribution is -2.48. The van der Waals surface area contributed by atoms with Crippen LogP contribution in [-0.4, -0.2) is 48.7 Å². The van der Waals surface area contributed by atoms with Crippen molar-refractivity contribution in [3.05, 3.63) is 90.5 Å². The highest BCUT2D eigenvalue weighted by Crippen LogP contribution is 2.36. The first-order chi connectivity index (χ1) is 15.7. The number of anilines is 3. The Morgan fingerprint density at radius 1 is 0.969 bits per heavy atom. The summed E-state index contributed by atoms with van der Waals surface area (Å²) in [5.74, 6) is 0.554. The minimum Gasteiger partial charge on any atom is -0.395 e. The predicted molar refractivity (Wildman–Crippen MR) is 132 cm³/mol. The number of hydrogen-bond donors (Lipinski definition) is 2. The number of hydrogen-bond acceptors (Lipinski definition) is 4. The van der Waals surface area contributed by atoms with Gasteiger partial charge in [-0.2, -0.15) is 0 Å². The number of aliphatic hydroxyl groups excluding tert-OH is 1. The van der Waals surface area contributed by atoms with E-state index in [1.807, 2.05) is 24.1 Å². The molecule has 1 atom stereocenters. The molecule has 2 N–H and O–H groups in total. The van der Waals surface area contributed by atoms with E-state index in [1.165, 1.54) is 5.56 Å². The first-order valence-electron chi connectivity index (χ1n) is 11.3. The largest absolute Gasteiger partial charge is 0.395 e. The number of carbonyl (C=O) groups is 1. The number of aliphatic hydroxyl groups is 1. The lowest BCUT2D eigenvalue weighted by atomic mass is 9.90. The minimum absolute atomic E-state index is 0. The number of likely N-dealkylation sites (tertiary alicyclic amines) is 1. The summed E-state index contributed by atoms with van der Waals surface area (Å²) in [4.78, 5) is 16.6. The molecule has 4 rings (SSSR count). The second-order valence-corrected chi connectivity index (χ2v) is 8.30. The van der Waals surface area contributed by atoms with Gasteiger partial charge in [-0.05, 0) is 55.4 Å². The van der Waals surface area contributed by atoms with E-state index in [4.69, 9.17) is 0 Å². The fraction of sp³-hybridized carbons (Fsp3) is 0.296. The van der Waals surface area contributed by atoms with Gasteiger partial charge in [0.2, 0.25) is 5.91 Å². The second-order valence-electron chi connectivity index (χ2n) is 8.30. The number of carbonyl (C=O) groups excluding carboxylic acids is 1. The molecule has 3 aromatic rings. The summed E-state index contributed by atoms with van der Waals surface area (Å²) in [6.07, 6.45) is 1.14. The summed E-state index contributed by atoms with van der Waals surface area (Å²) in [6.45, 7) is 1.59.